The number of hydrogen-bond acceptors (Lipinski definition) is 4. The fourth-order valence-corrected chi connectivity index (χ4v) is 1.86. The van der Waals surface area contributed by atoms with Crippen molar-refractivity contribution in [2.75, 3.05) is 5.32 Å². The van der Waals surface area contributed by atoms with Crippen LogP contribution in [0.1, 0.15) is 19.6 Å². The Balaban J connectivity index is 2.04. The molecule has 0 fully saturated rings. The zero-order valence-corrected chi connectivity index (χ0v) is 13.4. The SMILES string of the molecule is CC(C)(C(=O)O)C(=O)Nc1ccc(OCc2ccco2)c(Cl)c1. The Hall–Kier alpha value is -2.47. The van der Waals surface area contributed by atoms with E-state index in [0.29, 0.717) is 22.2 Å². The molecule has 0 bridgehead atoms. The van der Waals surface area contributed by atoms with Crippen molar-refractivity contribution in [3.63, 3.8) is 0 Å². The van der Waals surface area contributed by atoms with Crippen molar-refractivity contribution in [3.8, 4) is 5.75 Å². The number of benzene rings is 1. The molecule has 2 rings (SSSR count). The van der Waals surface area contributed by atoms with Crippen LogP contribution in [0.25, 0.3) is 0 Å². The first kappa shape index (κ1) is 16.9. The summed E-state index contributed by atoms with van der Waals surface area (Å²) in [6, 6.07) is 8.20. The Morgan fingerprint density at radius 2 is 2.09 bits per heavy atom. The van der Waals surface area contributed by atoms with Crippen LogP contribution in [-0.4, -0.2) is 17.0 Å². The topological polar surface area (TPSA) is 88.8 Å². The lowest BCUT2D eigenvalue weighted by atomic mass is 9.92. The Morgan fingerprint density at radius 3 is 2.65 bits per heavy atom. The molecular formula is C16H16ClNO5. The number of ether oxygens (including phenoxy) is 1. The molecule has 2 aromatic rings. The summed E-state index contributed by atoms with van der Waals surface area (Å²) in [4.78, 5) is 23.0. The van der Waals surface area contributed by atoms with Crippen LogP contribution < -0.4 is 10.1 Å². The monoisotopic (exact) mass is 337 g/mol. The average Bonchev–Trinajstić information content (AvgIpc) is 2.99. The second kappa shape index (κ2) is 6.75. The summed E-state index contributed by atoms with van der Waals surface area (Å²) in [5.74, 6) is -0.759. The number of carboxylic acids is 1. The van der Waals surface area contributed by atoms with Gasteiger partial charge in [-0.05, 0) is 44.2 Å². The van der Waals surface area contributed by atoms with Gasteiger partial charge in [0.05, 0.1) is 11.3 Å². The number of halogens is 1. The van der Waals surface area contributed by atoms with Gasteiger partial charge in [-0.25, -0.2) is 0 Å². The first-order chi connectivity index (χ1) is 10.8. The Morgan fingerprint density at radius 1 is 1.35 bits per heavy atom. The number of nitrogens with one attached hydrogen (secondary N) is 1. The minimum absolute atomic E-state index is 0.227. The van der Waals surface area contributed by atoms with Crippen molar-refractivity contribution in [1.29, 1.82) is 0 Å². The van der Waals surface area contributed by atoms with Crippen LogP contribution in [0.2, 0.25) is 5.02 Å². The second-order valence-electron chi connectivity index (χ2n) is 5.40. The fraction of sp³-hybridized carbons (Fsp3) is 0.250. The van der Waals surface area contributed by atoms with Crippen LogP contribution in [-0.2, 0) is 16.2 Å². The third kappa shape index (κ3) is 4.04. The predicted octanol–water partition coefficient (Wildman–Crippen LogP) is 3.56. The van der Waals surface area contributed by atoms with E-state index in [9.17, 15) is 9.59 Å². The maximum atomic E-state index is 12.0. The van der Waals surface area contributed by atoms with E-state index in [1.54, 1.807) is 30.5 Å². The summed E-state index contributed by atoms with van der Waals surface area (Å²) in [6.07, 6.45) is 1.54. The minimum atomic E-state index is -1.54. The third-order valence-corrected chi connectivity index (χ3v) is 3.54. The van der Waals surface area contributed by atoms with Crippen LogP contribution in [0.3, 0.4) is 0 Å². The Bertz CT molecular complexity index is 709. The molecule has 0 aliphatic carbocycles. The Kier molecular flexibility index (Phi) is 4.95. The maximum absolute atomic E-state index is 12.0. The number of carboxylic acid groups (broad SMARTS) is 1. The summed E-state index contributed by atoms with van der Waals surface area (Å²) in [5.41, 5.74) is -1.15. The summed E-state index contributed by atoms with van der Waals surface area (Å²) < 4.78 is 10.7. The van der Waals surface area contributed by atoms with E-state index in [1.807, 2.05) is 0 Å². The molecule has 1 aromatic heterocycles. The number of anilines is 1. The van der Waals surface area contributed by atoms with Gasteiger partial charge < -0.3 is 19.6 Å². The van der Waals surface area contributed by atoms with Gasteiger partial charge in [-0.3, -0.25) is 9.59 Å². The van der Waals surface area contributed by atoms with Crippen molar-refractivity contribution in [1.82, 2.24) is 0 Å². The molecule has 0 saturated carbocycles. The highest BCUT2D eigenvalue weighted by Crippen LogP contribution is 2.29. The van der Waals surface area contributed by atoms with Gasteiger partial charge in [0.15, 0.2) is 0 Å². The van der Waals surface area contributed by atoms with Gasteiger partial charge >= 0.3 is 5.97 Å². The van der Waals surface area contributed by atoms with Gasteiger partial charge in [-0.1, -0.05) is 11.6 Å². The van der Waals surface area contributed by atoms with Gasteiger partial charge in [-0.2, -0.15) is 0 Å². The van der Waals surface area contributed by atoms with Crippen molar-refractivity contribution in [3.05, 3.63) is 47.4 Å². The van der Waals surface area contributed by atoms with Crippen molar-refractivity contribution >= 4 is 29.2 Å². The van der Waals surface area contributed by atoms with Gasteiger partial charge in [0.25, 0.3) is 0 Å². The zero-order valence-electron chi connectivity index (χ0n) is 12.6. The average molecular weight is 338 g/mol. The molecule has 1 aromatic carbocycles. The maximum Gasteiger partial charge on any atom is 0.318 e. The number of amides is 1. The highest BCUT2D eigenvalue weighted by molar-refractivity contribution is 6.32. The number of hydrogen-bond donors (Lipinski definition) is 2. The molecule has 0 aliphatic rings. The molecule has 7 heteroatoms. The molecule has 0 aliphatic heterocycles. The van der Waals surface area contributed by atoms with Crippen LogP contribution in [0, 0.1) is 5.41 Å². The van der Waals surface area contributed by atoms with Gasteiger partial charge in [0, 0.05) is 5.69 Å². The number of carbonyl (C=O) groups excluding carboxylic acids is 1. The second-order valence-corrected chi connectivity index (χ2v) is 5.80. The van der Waals surface area contributed by atoms with Crippen molar-refractivity contribution in [2.45, 2.75) is 20.5 Å². The summed E-state index contributed by atoms with van der Waals surface area (Å²) in [7, 11) is 0. The molecule has 0 atom stereocenters. The van der Waals surface area contributed by atoms with Crippen LogP contribution in [0.4, 0.5) is 5.69 Å². The first-order valence-corrected chi connectivity index (χ1v) is 7.18. The highest BCUT2D eigenvalue weighted by atomic mass is 35.5. The van der Waals surface area contributed by atoms with Gasteiger partial charge in [-0.15, -0.1) is 0 Å². The molecule has 1 amide bonds. The first-order valence-electron chi connectivity index (χ1n) is 6.80. The van der Waals surface area contributed by atoms with E-state index < -0.39 is 17.3 Å². The molecule has 0 saturated heterocycles. The lowest BCUT2D eigenvalue weighted by Crippen LogP contribution is -2.37. The molecular weight excluding hydrogens is 322 g/mol. The summed E-state index contributed by atoms with van der Waals surface area (Å²) >= 11 is 6.11. The van der Waals surface area contributed by atoms with E-state index in [2.05, 4.69) is 5.32 Å². The molecule has 0 radical (unpaired) electrons. The standard InChI is InChI=1S/C16H16ClNO5/c1-16(2,15(20)21)14(19)18-10-5-6-13(12(17)8-10)23-9-11-4-3-7-22-11/h3-8H,9H2,1-2H3,(H,18,19)(H,20,21). The van der Waals surface area contributed by atoms with Crippen LogP contribution in [0.15, 0.2) is 41.0 Å². The number of rotatable bonds is 6. The van der Waals surface area contributed by atoms with Crippen LogP contribution >= 0.6 is 11.6 Å². The smallest absolute Gasteiger partial charge is 0.318 e. The molecule has 0 unspecified atom stereocenters. The number of furan rings is 1. The quantitative estimate of drug-likeness (QED) is 0.787. The third-order valence-electron chi connectivity index (χ3n) is 3.24. The molecule has 6 nitrogen and oxygen atoms in total. The Labute approximate surface area is 138 Å². The largest absolute Gasteiger partial charge is 0.484 e. The van der Waals surface area contributed by atoms with E-state index >= 15 is 0 Å². The van der Waals surface area contributed by atoms with Gasteiger partial charge in [0.1, 0.15) is 23.5 Å². The normalized spacial score (nSPS) is 11.1. The summed E-state index contributed by atoms with van der Waals surface area (Å²) in [6.45, 7) is 2.88. The van der Waals surface area contributed by atoms with E-state index in [0.717, 1.165) is 0 Å². The lowest BCUT2D eigenvalue weighted by molar-refractivity contribution is -0.151. The molecule has 0 spiro atoms. The van der Waals surface area contributed by atoms with E-state index in [4.69, 9.17) is 25.9 Å². The molecule has 122 valence electrons. The molecule has 2 N–H and O–H groups in total. The molecule has 23 heavy (non-hydrogen) atoms. The highest BCUT2D eigenvalue weighted by Gasteiger charge is 2.36. The number of carbonyl (C=O) groups is 2. The van der Waals surface area contributed by atoms with Crippen molar-refractivity contribution < 1.29 is 23.8 Å². The van der Waals surface area contributed by atoms with Gasteiger partial charge in [0.2, 0.25) is 5.91 Å². The van der Waals surface area contributed by atoms with E-state index in [-0.39, 0.29) is 6.61 Å². The zero-order chi connectivity index (χ0) is 17.0. The lowest BCUT2D eigenvalue weighted by Gasteiger charge is -2.18. The molecule has 1 heterocycles. The fourth-order valence-electron chi connectivity index (χ4n) is 1.62. The van der Waals surface area contributed by atoms with E-state index in [1.165, 1.54) is 19.9 Å². The summed E-state index contributed by atoms with van der Waals surface area (Å²) in [5, 5.41) is 11.8. The predicted molar refractivity (Wildman–Crippen MR) is 84.5 cm³/mol. The van der Waals surface area contributed by atoms with Crippen molar-refractivity contribution in [2.24, 2.45) is 5.41 Å². The minimum Gasteiger partial charge on any atom is -0.484 e. The number of aliphatic carboxylic acids is 1. The van der Waals surface area contributed by atoms with Crippen LogP contribution in [0.5, 0.6) is 5.75 Å².